The Morgan fingerprint density at radius 1 is 0.833 bits per heavy atom. The molecule has 0 amide bonds. The first-order chi connectivity index (χ1) is 8.83. The molecule has 1 nitrogen and oxygen atoms in total. The van der Waals surface area contributed by atoms with Crippen molar-refractivity contribution in [3.63, 3.8) is 0 Å². The lowest BCUT2D eigenvalue weighted by Gasteiger charge is -2.17. The monoisotopic (exact) mass is 237 g/mol. The Kier molecular flexibility index (Phi) is 3.06. The number of aryl methyl sites for hydroxylation is 1. The smallest absolute Gasteiger partial charge is 0.0366 e. The Bertz CT molecular complexity index is 522. The van der Waals surface area contributed by atoms with Crippen molar-refractivity contribution in [1.29, 1.82) is 0 Å². The molecule has 2 aromatic carbocycles. The van der Waals surface area contributed by atoms with Crippen LogP contribution in [-0.2, 0) is 0 Å². The van der Waals surface area contributed by atoms with E-state index >= 15 is 0 Å². The van der Waals surface area contributed by atoms with Crippen molar-refractivity contribution in [1.82, 2.24) is 0 Å². The fraction of sp³-hybridized carbons (Fsp3) is 0.294. The third-order valence-corrected chi connectivity index (χ3v) is 3.69. The van der Waals surface area contributed by atoms with E-state index in [0.29, 0.717) is 0 Å². The SMILES string of the molecule is Cc1cccc(-c2ccc(N3CCCC3)cc2)c1. The molecule has 0 spiro atoms. The Morgan fingerprint density at radius 3 is 2.22 bits per heavy atom. The summed E-state index contributed by atoms with van der Waals surface area (Å²) in [4.78, 5) is 2.47. The Balaban J connectivity index is 1.86. The predicted octanol–water partition coefficient (Wildman–Crippen LogP) is 4.26. The molecular formula is C17H19N. The average Bonchev–Trinajstić information content (AvgIpc) is 2.93. The highest BCUT2D eigenvalue weighted by atomic mass is 15.1. The zero-order valence-electron chi connectivity index (χ0n) is 10.9. The van der Waals surface area contributed by atoms with E-state index in [2.05, 4.69) is 60.4 Å². The van der Waals surface area contributed by atoms with Crippen LogP contribution in [0.2, 0.25) is 0 Å². The zero-order chi connectivity index (χ0) is 12.4. The molecule has 92 valence electrons. The maximum Gasteiger partial charge on any atom is 0.0366 e. The second-order valence-corrected chi connectivity index (χ2v) is 5.11. The van der Waals surface area contributed by atoms with E-state index in [0.717, 1.165) is 0 Å². The van der Waals surface area contributed by atoms with E-state index in [9.17, 15) is 0 Å². The number of benzene rings is 2. The van der Waals surface area contributed by atoms with Gasteiger partial charge in [-0.2, -0.15) is 0 Å². The molecule has 0 aliphatic carbocycles. The summed E-state index contributed by atoms with van der Waals surface area (Å²) < 4.78 is 0. The largest absolute Gasteiger partial charge is 0.372 e. The molecular weight excluding hydrogens is 218 g/mol. The van der Waals surface area contributed by atoms with E-state index in [-0.39, 0.29) is 0 Å². The van der Waals surface area contributed by atoms with Gasteiger partial charge in [-0.15, -0.1) is 0 Å². The minimum absolute atomic E-state index is 1.21. The summed E-state index contributed by atoms with van der Waals surface area (Å²) in [5, 5.41) is 0. The van der Waals surface area contributed by atoms with Crippen LogP contribution in [-0.4, -0.2) is 13.1 Å². The Hall–Kier alpha value is -1.76. The number of rotatable bonds is 2. The molecule has 0 bridgehead atoms. The average molecular weight is 237 g/mol. The number of nitrogens with zero attached hydrogens (tertiary/aromatic N) is 1. The van der Waals surface area contributed by atoms with Crippen LogP contribution in [0.5, 0.6) is 0 Å². The molecule has 1 fully saturated rings. The summed E-state index contributed by atoms with van der Waals surface area (Å²) in [5.74, 6) is 0. The van der Waals surface area contributed by atoms with Crippen molar-refractivity contribution in [2.75, 3.05) is 18.0 Å². The van der Waals surface area contributed by atoms with Crippen molar-refractivity contribution in [2.24, 2.45) is 0 Å². The standard InChI is InChI=1S/C17H19N/c1-14-5-4-6-16(13-14)15-7-9-17(10-8-15)18-11-2-3-12-18/h4-10,13H,2-3,11-12H2,1H3. The first-order valence-corrected chi connectivity index (χ1v) is 6.75. The summed E-state index contributed by atoms with van der Waals surface area (Å²) in [5.41, 5.74) is 5.30. The van der Waals surface area contributed by atoms with Crippen molar-refractivity contribution >= 4 is 5.69 Å². The van der Waals surface area contributed by atoms with Crippen molar-refractivity contribution in [2.45, 2.75) is 19.8 Å². The molecule has 0 radical (unpaired) electrons. The molecule has 1 heterocycles. The maximum absolute atomic E-state index is 2.47. The van der Waals surface area contributed by atoms with Gasteiger partial charge in [0.2, 0.25) is 0 Å². The minimum atomic E-state index is 1.21. The molecule has 0 unspecified atom stereocenters. The Morgan fingerprint density at radius 2 is 1.56 bits per heavy atom. The van der Waals surface area contributed by atoms with Gasteiger partial charge in [0.05, 0.1) is 0 Å². The number of anilines is 1. The van der Waals surface area contributed by atoms with Crippen molar-refractivity contribution < 1.29 is 0 Å². The van der Waals surface area contributed by atoms with Crippen LogP contribution in [0.4, 0.5) is 5.69 Å². The summed E-state index contributed by atoms with van der Waals surface area (Å²) in [6, 6.07) is 17.7. The molecule has 18 heavy (non-hydrogen) atoms. The van der Waals surface area contributed by atoms with Gasteiger partial charge in [-0.3, -0.25) is 0 Å². The third-order valence-electron chi connectivity index (χ3n) is 3.69. The highest BCUT2D eigenvalue weighted by Crippen LogP contribution is 2.25. The molecule has 1 aliphatic heterocycles. The fourth-order valence-electron chi connectivity index (χ4n) is 2.66. The van der Waals surface area contributed by atoms with Gasteiger partial charge in [0, 0.05) is 18.8 Å². The van der Waals surface area contributed by atoms with Gasteiger partial charge < -0.3 is 4.90 Å². The van der Waals surface area contributed by atoms with E-state index in [1.807, 2.05) is 0 Å². The minimum Gasteiger partial charge on any atom is -0.372 e. The van der Waals surface area contributed by atoms with Gasteiger partial charge in [-0.1, -0.05) is 42.0 Å². The predicted molar refractivity (Wildman–Crippen MR) is 78.1 cm³/mol. The summed E-state index contributed by atoms with van der Waals surface area (Å²) in [7, 11) is 0. The molecule has 3 rings (SSSR count). The number of hydrogen-bond acceptors (Lipinski definition) is 1. The van der Waals surface area contributed by atoms with E-state index in [1.54, 1.807) is 0 Å². The number of hydrogen-bond donors (Lipinski definition) is 0. The van der Waals surface area contributed by atoms with Gasteiger partial charge in [-0.25, -0.2) is 0 Å². The molecule has 1 saturated heterocycles. The molecule has 1 aliphatic rings. The topological polar surface area (TPSA) is 3.24 Å². The van der Waals surface area contributed by atoms with Crippen molar-refractivity contribution in [3.8, 4) is 11.1 Å². The van der Waals surface area contributed by atoms with Gasteiger partial charge in [-0.05, 0) is 43.0 Å². The molecule has 0 saturated carbocycles. The lowest BCUT2D eigenvalue weighted by atomic mass is 10.0. The first-order valence-electron chi connectivity index (χ1n) is 6.75. The van der Waals surface area contributed by atoms with Crippen LogP contribution in [0.25, 0.3) is 11.1 Å². The van der Waals surface area contributed by atoms with Gasteiger partial charge in [0.1, 0.15) is 0 Å². The Labute approximate surface area is 109 Å². The lowest BCUT2D eigenvalue weighted by molar-refractivity contribution is 0.949. The van der Waals surface area contributed by atoms with E-state index in [1.165, 1.54) is 48.3 Å². The third kappa shape index (κ3) is 2.26. The summed E-state index contributed by atoms with van der Waals surface area (Å²) in [6.45, 7) is 4.57. The second-order valence-electron chi connectivity index (χ2n) is 5.11. The summed E-state index contributed by atoms with van der Waals surface area (Å²) in [6.07, 6.45) is 2.67. The van der Waals surface area contributed by atoms with Crippen LogP contribution < -0.4 is 4.90 Å². The van der Waals surface area contributed by atoms with Gasteiger partial charge in [0.25, 0.3) is 0 Å². The van der Waals surface area contributed by atoms with Crippen LogP contribution in [0.15, 0.2) is 48.5 Å². The molecule has 1 heteroatoms. The highest BCUT2D eigenvalue weighted by molar-refractivity contribution is 5.67. The lowest BCUT2D eigenvalue weighted by Crippen LogP contribution is -2.17. The fourth-order valence-corrected chi connectivity index (χ4v) is 2.66. The molecule has 0 aromatic heterocycles. The van der Waals surface area contributed by atoms with Crippen LogP contribution in [0.3, 0.4) is 0 Å². The maximum atomic E-state index is 2.47. The van der Waals surface area contributed by atoms with Crippen LogP contribution >= 0.6 is 0 Å². The molecule has 0 N–H and O–H groups in total. The van der Waals surface area contributed by atoms with Crippen LogP contribution in [0, 0.1) is 6.92 Å². The first kappa shape index (κ1) is 11.3. The van der Waals surface area contributed by atoms with Gasteiger partial charge >= 0.3 is 0 Å². The van der Waals surface area contributed by atoms with Gasteiger partial charge in [0.15, 0.2) is 0 Å². The quantitative estimate of drug-likeness (QED) is 0.754. The second kappa shape index (κ2) is 4.85. The zero-order valence-corrected chi connectivity index (χ0v) is 10.9. The highest BCUT2D eigenvalue weighted by Gasteiger charge is 2.11. The summed E-state index contributed by atoms with van der Waals surface area (Å²) >= 11 is 0. The normalized spacial score (nSPS) is 15.1. The molecule has 2 aromatic rings. The molecule has 0 atom stereocenters. The van der Waals surface area contributed by atoms with Crippen molar-refractivity contribution in [3.05, 3.63) is 54.1 Å². The van der Waals surface area contributed by atoms with Crippen LogP contribution in [0.1, 0.15) is 18.4 Å². The van der Waals surface area contributed by atoms with E-state index < -0.39 is 0 Å². The van der Waals surface area contributed by atoms with E-state index in [4.69, 9.17) is 0 Å².